The Kier molecular flexibility index (Phi) is 4.56. The van der Waals surface area contributed by atoms with Gasteiger partial charge in [0.25, 0.3) is 0 Å². The molecule has 1 aliphatic rings. The first kappa shape index (κ1) is 14.0. The summed E-state index contributed by atoms with van der Waals surface area (Å²) in [5.41, 5.74) is 0.279. The van der Waals surface area contributed by atoms with Crippen LogP contribution in [0.5, 0.6) is 0 Å². The summed E-state index contributed by atoms with van der Waals surface area (Å²) >= 11 is 0. The van der Waals surface area contributed by atoms with Crippen LogP contribution in [0.4, 0.5) is 10.1 Å². The standard InChI is InChI=1S/C16H22FNO/c1-18(15-9-5-4-8-14(15)17)12-16(13-19)10-6-2-3-7-11-16/h4-5,8-9,13H,2-3,6-7,10-12H2,1H3. The molecule has 2 rings (SSSR count). The molecule has 0 aliphatic heterocycles. The number of carbonyl (C=O) groups is 1. The van der Waals surface area contributed by atoms with Gasteiger partial charge < -0.3 is 9.69 Å². The molecule has 19 heavy (non-hydrogen) atoms. The van der Waals surface area contributed by atoms with Crippen molar-refractivity contribution in [3.8, 4) is 0 Å². The van der Waals surface area contributed by atoms with Crippen LogP contribution in [0, 0.1) is 11.2 Å². The highest BCUT2D eigenvalue weighted by Gasteiger charge is 2.32. The van der Waals surface area contributed by atoms with Gasteiger partial charge in [-0.25, -0.2) is 4.39 Å². The van der Waals surface area contributed by atoms with E-state index in [4.69, 9.17) is 0 Å². The van der Waals surface area contributed by atoms with Crippen molar-refractivity contribution in [1.29, 1.82) is 0 Å². The van der Waals surface area contributed by atoms with Crippen molar-refractivity contribution in [2.45, 2.75) is 38.5 Å². The van der Waals surface area contributed by atoms with E-state index in [2.05, 4.69) is 0 Å². The summed E-state index contributed by atoms with van der Waals surface area (Å²) in [4.78, 5) is 13.4. The molecule has 0 aromatic heterocycles. The molecular formula is C16H22FNO. The molecule has 104 valence electrons. The van der Waals surface area contributed by atoms with Crippen molar-refractivity contribution in [3.05, 3.63) is 30.1 Å². The number of nitrogens with zero attached hydrogens (tertiary/aromatic N) is 1. The second-order valence-electron chi connectivity index (χ2n) is 5.70. The van der Waals surface area contributed by atoms with Gasteiger partial charge in [-0.3, -0.25) is 0 Å². The van der Waals surface area contributed by atoms with E-state index >= 15 is 0 Å². The van der Waals surface area contributed by atoms with Crippen LogP contribution in [-0.2, 0) is 4.79 Å². The lowest BCUT2D eigenvalue weighted by atomic mass is 9.81. The molecule has 0 bridgehead atoms. The SMILES string of the molecule is CN(CC1(C=O)CCCCCC1)c1ccccc1F. The summed E-state index contributed by atoms with van der Waals surface area (Å²) < 4.78 is 13.8. The molecule has 0 atom stereocenters. The number of halogens is 1. The van der Waals surface area contributed by atoms with Gasteiger partial charge >= 0.3 is 0 Å². The van der Waals surface area contributed by atoms with Crippen LogP contribution >= 0.6 is 0 Å². The molecule has 0 amide bonds. The minimum absolute atomic E-state index is 0.223. The molecule has 2 nitrogen and oxygen atoms in total. The molecular weight excluding hydrogens is 241 g/mol. The summed E-state index contributed by atoms with van der Waals surface area (Å²) in [6.07, 6.45) is 7.58. The zero-order chi connectivity index (χ0) is 13.7. The molecule has 0 N–H and O–H groups in total. The average Bonchev–Trinajstić information content (AvgIpc) is 2.65. The zero-order valence-electron chi connectivity index (χ0n) is 11.6. The molecule has 0 heterocycles. The lowest BCUT2D eigenvalue weighted by molar-refractivity contribution is -0.116. The number of rotatable bonds is 4. The van der Waals surface area contributed by atoms with E-state index in [0.29, 0.717) is 12.2 Å². The summed E-state index contributed by atoms with van der Waals surface area (Å²) in [6.45, 7) is 0.609. The maximum atomic E-state index is 13.8. The minimum atomic E-state index is -0.298. The fourth-order valence-electron chi connectivity index (χ4n) is 3.06. The predicted octanol–water partition coefficient (Wildman–Crippen LogP) is 3.80. The van der Waals surface area contributed by atoms with Crippen LogP contribution in [0.2, 0.25) is 0 Å². The average molecular weight is 263 g/mol. The molecule has 0 radical (unpaired) electrons. The fourth-order valence-corrected chi connectivity index (χ4v) is 3.06. The van der Waals surface area contributed by atoms with Crippen LogP contribution in [0.15, 0.2) is 24.3 Å². The van der Waals surface area contributed by atoms with E-state index in [9.17, 15) is 9.18 Å². The number of para-hydroxylation sites is 1. The number of benzene rings is 1. The van der Waals surface area contributed by atoms with Crippen LogP contribution in [0.25, 0.3) is 0 Å². The van der Waals surface area contributed by atoms with Crippen LogP contribution in [0.1, 0.15) is 38.5 Å². The lowest BCUT2D eigenvalue weighted by Crippen LogP contribution is -2.37. The van der Waals surface area contributed by atoms with Crippen LogP contribution < -0.4 is 4.90 Å². The normalized spacial score (nSPS) is 18.6. The van der Waals surface area contributed by atoms with Gasteiger partial charge in [0.05, 0.1) is 5.69 Å². The van der Waals surface area contributed by atoms with Crippen molar-refractivity contribution in [2.24, 2.45) is 5.41 Å². The highest BCUT2D eigenvalue weighted by Crippen LogP contribution is 2.35. The van der Waals surface area contributed by atoms with Gasteiger partial charge in [-0.05, 0) is 25.0 Å². The Labute approximate surface area is 114 Å². The highest BCUT2D eigenvalue weighted by molar-refractivity contribution is 5.61. The second kappa shape index (κ2) is 6.18. The summed E-state index contributed by atoms with van der Waals surface area (Å²) in [6, 6.07) is 6.75. The first-order valence-electron chi connectivity index (χ1n) is 7.09. The first-order valence-corrected chi connectivity index (χ1v) is 7.09. The molecule has 0 spiro atoms. The van der Waals surface area contributed by atoms with Gasteiger partial charge in [-0.1, -0.05) is 37.8 Å². The second-order valence-corrected chi connectivity index (χ2v) is 5.70. The topological polar surface area (TPSA) is 20.3 Å². The van der Waals surface area contributed by atoms with Crippen molar-refractivity contribution in [1.82, 2.24) is 0 Å². The molecule has 1 aliphatic carbocycles. The maximum Gasteiger partial charge on any atom is 0.146 e. The molecule has 0 saturated heterocycles. The molecule has 1 aromatic rings. The van der Waals surface area contributed by atoms with Gasteiger partial charge in [0.1, 0.15) is 12.1 Å². The van der Waals surface area contributed by atoms with E-state index in [1.54, 1.807) is 12.1 Å². The lowest BCUT2D eigenvalue weighted by Gasteiger charge is -2.32. The summed E-state index contributed by atoms with van der Waals surface area (Å²) in [7, 11) is 1.87. The van der Waals surface area contributed by atoms with Crippen molar-refractivity contribution < 1.29 is 9.18 Å². The van der Waals surface area contributed by atoms with E-state index in [1.807, 2.05) is 18.0 Å². The highest BCUT2D eigenvalue weighted by atomic mass is 19.1. The predicted molar refractivity (Wildman–Crippen MR) is 75.9 cm³/mol. The van der Waals surface area contributed by atoms with Crippen molar-refractivity contribution in [2.75, 3.05) is 18.5 Å². The van der Waals surface area contributed by atoms with Gasteiger partial charge in [-0.15, -0.1) is 0 Å². The van der Waals surface area contributed by atoms with Gasteiger partial charge in [0, 0.05) is 19.0 Å². The van der Waals surface area contributed by atoms with Crippen molar-refractivity contribution in [3.63, 3.8) is 0 Å². The summed E-state index contributed by atoms with van der Waals surface area (Å²) in [5, 5.41) is 0. The molecule has 0 unspecified atom stereocenters. The Balaban J connectivity index is 2.13. The number of hydrogen-bond acceptors (Lipinski definition) is 2. The fraction of sp³-hybridized carbons (Fsp3) is 0.562. The van der Waals surface area contributed by atoms with E-state index < -0.39 is 0 Å². The van der Waals surface area contributed by atoms with Crippen LogP contribution in [0.3, 0.4) is 0 Å². The van der Waals surface area contributed by atoms with Gasteiger partial charge in [-0.2, -0.15) is 0 Å². The monoisotopic (exact) mass is 263 g/mol. The Morgan fingerprint density at radius 2 is 1.84 bits per heavy atom. The molecule has 1 fully saturated rings. The van der Waals surface area contributed by atoms with Gasteiger partial charge in [0.15, 0.2) is 0 Å². The number of hydrogen-bond donors (Lipinski definition) is 0. The van der Waals surface area contributed by atoms with E-state index in [1.165, 1.54) is 18.9 Å². The molecule has 1 aromatic carbocycles. The Bertz CT molecular complexity index is 425. The Morgan fingerprint density at radius 3 is 2.42 bits per heavy atom. The molecule has 1 saturated carbocycles. The third-order valence-electron chi connectivity index (χ3n) is 4.17. The largest absolute Gasteiger partial charge is 0.371 e. The smallest absolute Gasteiger partial charge is 0.146 e. The maximum absolute atomic E-state index is 13.8. The van der Waals surface area contributed by atoms with Crippen molar-refractivity contribution >= 4 is 12.0 Å². The Morgan fingerprint density at radius 1 is 1.21 bits per heavy atom. The summed E-state index contributed by atoms with van der Waals surface area (Å²) in [5.74, 6) is -0.223. The number of aldehydes is 1. The third-order valence-corrected chi connectivity index (χ3v) is 4.17. The third kappa shape index (κ3) is 3.34. The number of carbonyl (C=O) groups excluding carboxylic acids is 1. The van der Waals surface area contributed by atoms with E-state index in [-0.39, 0.29) is 11.2 Å². The van der Waals surface area contributed by atoms with E-state index in [0.717, 1.165) is 32.0 Å². The molecule has 3 heteroatoms. The first-order chi connectivity index (χ1) is 9.17. The van der Waals surface area contributed by atoms with Crippen LogP contribution in [-0.4, -0.2) is 19.9 Å². The zero-order valence-corrected chi connectivity index (χ0v) is 11.6. The quantitative estimate of drug-likeness (QED) is 0.608. The minimum Gasteiger partial charge on any atom is -0.371 e. The van der Waals surface area contributed by atoms with Gasteiger partial charge in [0.2, 0.25) is 0 Å². The Hall–Kier alpha value is -1.38. The number of anilines is 1.